The summed E-state index contributed by atoms with van der Waals surface area (Å²) in [6.07, 6.45) is -0.723. The molecule has 1 fully saturated rings. The van der Waals surface area contributed by atoms with Crippen LogP contribution >= 0.6 is 12.2 Å². The van der Waals surface area contributed by atoms with Crippen molar-refractivity contribution in [2.45, 2.75) is 31.1 Å². The molecular formula is C30H25F2NO4S. The highest BCUT2D eigenvalue weighted by Crippen LogP contribution is 2.44. The quantitative estimate of drug-likeness (QED) is 0.227. The van der Waals surface area contributed by atoms with Gasteiger partial charge in [-0.2, -0.15) is 0 Å². The van der Waals surface area contributed by atoms with Gasteiger partial charge >= 0.3 is 0 Å². The number of hydrogen-bond acceptors (Lipinski definition) is 5. The summed E-state index contributed by atoms with van der Waals surface area (Å²) in [5, 5.41) is 31.9. The molecule has 0 aromatic heterocycles. The first kappa shape index (κ1) is 25.6. The Balaban J connectivity index is 1.47. The van der Waals surface area contributed by atoms with Crippen molar-refractivity contribution in [3.8, 4) is 22.6 Å². The number of aliphatic hydroxyl groups is 1. The Kier molecular flexibility index (Phi) is 7.26. The van der Waals surface area contributed by atoms with Gasteiger partial charge in [-0.3, -0.25) is 4.90 Å². The Morgan fingerprint density at radius 2 is 1.50 bits per heavy atom. The smallest absolute Gasteiger partial charge is 0.264 e. The highest BCUT2D eigenvalue weighted by molar-refractivity contribution is 7.80. The third-order valence-electron chi connectivity index (χ3n) is 6.69. The fourth-order valence-electron chi connectivity index (χ4n) is 4.79. The first-order valence-electron chi connectivity index (χ1n) is 12.1. The van der Waals surface area contributed by atoms with E-state index in [-0.39, 0.29) is 22.5 Å². The summed E-state index contributed by atoms with van der Waals surface area (Å²) in [6.45, 7) is 0. The number of anilines is 1. The Bertz CT molecular complexity index is 1450. The molecule has 1 aliphatic rings. The maximum atomic E-state index is 13.7. The molecule has 4 aromatic carbocycles. The number of ether oxygens (including phenoxy) is 1. The molecule has 0 unspecified atom stereocenters. The van der Waals surface area contributed by atoms with Crippen LogP contribution in [0, 0.1) is 11.6 Å². The van der Waals surface area contributed by atoms with Crippen LogP contribution in [0.5, 0.6) is 11.5 Å². The van der Waals surface area contributed by atoms with Crippen molar-refractivity contribution in [2.24, 2.45) is 0 Å². The maximum Gasteiger partial charge on any atom is 0.264 e. The van der Waals surface area contributed by atoms with Crippen LogP contribution in [0.25, 0.3) is 11.1 Å². The minimum Gasteiger partial charge on any atom is -0.508 e. The van der Waals surface area contributed by atoms with Crippen LogP contribution in [0.2, 0.25) is 0 Å². The average Bonchev–Trinajstić information content (AvgIpc) is 3.23. The lowest BCUT2D eigenvalue weighted by Crippen LogP contribution is -2.29. The number of thiocarbonyl (C=S) groups is 1. The van der Waals surface area contributed by atoms with Crippen LogP contribution in [0.1, 0.15) is 36.1 Å². The van der Waals surface area contributed by atoms with E-state index in [1.54, 1.807) is 47.4 Å². The van der Waals surface area contributed by atoms with Crippen LogP contribution in [-0.4, -0.2) is 26.6 Å². The Hall–Kier alpha value is -4.01. The average molecular weight is 534 g/mol. The maximum absolute atomic E-state index is 13.7. The van der Waals surface area contributed by atoms with Crippen molar-refractivity contribution in [2.75, 3.05) is 4.90 Å². The molecule has 0 aliphatic carbocycles. The standard InChI is InChI=1S/C30H25F2NO4S/c31-21-7-4-18(5-8-21)26(35)14-15-28-29(33(30(38)37-28)23-11-9-22(32)10-12-23)25-13-6-20(17-27(25)36)19-2-1-3-24(34)16-19/h1-13,16-17,26,28-29,34-36H,14-15H2/t26-,28+,29+/m0/s1. The van der Waals surface area contributed by atoms with Gasteiger partial charge in [-0.15, -0.1) is 0 Å². The monoisotopic (exact) mass is 533 g/mol. The van der Waals surface area contributed by atoms with Gasteiger partial charge in [0.05, 0.1) is 6.10 Å². The molecule has 3 atom stereocenters. The van der Waals surface area contributed by atoms with Crippen molar-refractivity contribution in [3.05, 3.63) is 114 Å². The molecule has 3 N–H and O–H groups in total. The van der Waals surface area contributed by atoms with Gasteiger partial charge in [-0.1, -0.05) is 36.4 Å². The number of halogens is 2. The minimum atomic E-state index is -0.852. The summed E-state index contributed by atoms with van der Waals surface area (Å²) in [7, 11) is 0. The second-order valence-electron chi connectivity index (χ2n) is 9.18. The molecule has 1 aliphatic heterocycles. The van der Waals surface area contributed by atoms with E-state index in [0.29, 0.717) is 35.2 Å². The predicted octanol–water partition coefficient (Wildman–Crippen LogP) is 6.79. The zero-order chi connectivity index (χ0) is 26.8. The molecule has 0 radical (unpaired) electrons. The summed E-state index contributed by atoms with van der Waals surface area (Å²) in [4.78, 5) is 1.73. The molecule has 5 nitrogen and oxygen atoms in total. The van der Waals surface area contributed by atoms with Crippen molar-refractivity contribution in [1.29, 1.82) is 0 Å². The molecule has 0 saturated carbocycles. The van der Waals surface area contributed by atoms with Gasteiger partial charge in [0.2, 0.25) is 0 Å². The van der Waals surface area contributed by atoms with Gasteiger partial charge in [0.25, 0.3) is 5.17 Å². The number of benzene rings is 4. The molecule has 8 heteroatoms. The van der Waals surface area contributed by atoms with Gasteiger partial charge in [-0.05, 0) is 96.3 Å². The topological polar surface area (TPSA) is 73.2 Å². The van der Waals surface area contributed by atoms with Gasteiger partial charge in [0.15, 0.2) is 0 Å². The molecular weight excluding hydrogens is 508 g/mol. The third kappa shape index (κ3) is 5.32. The lowest BCUT2D eigenvalue weighted by Gasteiger charge is -2.27. The van der Waals surface area contributed by atoms with E-state index in [4.69, 9.17) is 17.0 Å². The molecule has 5 rings (SSSR count). The van der Waals surface area contributed by atoms with E-state index in [1.165, 1.54) is 36.4 Å². The number of aliphatic hydroxyl groups excluding tert-OH is 1. The lowest BCUT2D eigenvalue weighted by atomic mass is 9.92. The van der Waals surface area contributed by atoms with Crippen LogP contribution in [0.3, 0.4) is 0 Å². The van der Waals surface area contributed by atoms with Crippen molar-refractivity contribution >= 4 is 23.1 Å². The number of phenolic OH excluding ortho intramolecular Hbond substituents is 2. The minimum absolute atomic E-state index is 0.000313. The summed E-state index contributed by atoms with van der Waals surface area (Å²) in [5.41, 5.74) is 3.16. The first-order valence-corrected chi connectivity index (χ1v) is 12.5. The normalized spacial score (nSPS) is 17.9. The molecule has 194 valence electrons. The zero-order valence-corrected chi connectivity index (χ0v) is 21.0. The molecule has 1 saturated heterocycles. The molecule has 0 bridgehead atoms. The van der Waals surface area contributed by atoms with Crippen molar-refractivity contribution in [3.63, 3.8) is 0 Å². The van der Waals surface area contributed by atoms with Crippen LogP contribution in [-0.2, 0) is 4.74 Å². The second kappa shape index (κ2) is 10.8. The number of rotatable bonds is 7. The van der Waals surface area contributed by atoms with Crippen LogP contribution in [0.15, 0.2) is 91.0 Å². The molecule has 0 amide bonds. The number of phenols is 2. The Labute approximate surface area is 224 Å². The van der Waals surface area contributed by atoms with Gasteiger partial charge in [0.1, 0.15) is 35.3 Å². The highest BCUT2D eigenvalue weighted by atomic mass is 32.1. The molecule has 38 heavy (non-hydrogen) atoms. The zero-order valence-electron chi connectivity index (χ0n) is 20.2. The Morgan fingerprint density at radius 1 is 0.842 bits per heavy atom. The Morgan fingerprint density at radius 3 is 2.16 bits per heavy atom. The fourth-order valence-corrected chi connectivity index (χ4v) is 5.13. The van der Waals surface area contributed by atoms with E-state index in [9.17, 15) is 24.1 Å². The molecule has 1 heterocycles. The summed E-state index contributed by atoms with van der Waals surface area (Å²) in [5.74, 6) is -0.665. The molecule has 0 spiro atoms. The van der Waals surface area contributed by atoms with Crippen LogP contribution in [0.4, 0.5) is 14.5 Å². The highest BCUT2D eigenvalue weighted by Gasteiger charge is 2.42. The number of aromatic hydroxyl groups is 2. The van der Waals surface area contributed by atoms with E-state index in [0.717, 1.165) is 5.56 Å². The van der Waals surface area contributed by atoms with Crippen molar-refractivity contribution in [1.82, 2.24) is 0 Å². The van der Waals surface area contributed by atoms with Gasteiger partial charge < -0.3 is 20.1 Å². The van der Waals surface area contributed by atoms with Crippen LogP contribution < -0.4 is 4.90 Å². The SMILES string of the molecule is Oc1cccc(-c2ccc([C@@H]3[C@@H](CC[C@H](O)c4ccc(F)cc4)OC(=S)N3c3ccc(F)cc3)c(O)c2)c1. The largest absolute Gasteiger partial charge is 0.508 e. The van der Waals surface area contributed by atoms with Crippen molar-refractivity contribution < 1.29 is 28.8 Å². The second-order valence-corrected chi connectivity index (χ2v) is 9.53. The summed E-state index contributed by atoms with van der Waals surface area (Å²) < 4.78 is 33.0. The predicted molar refractivity (Wildman–Crippen MR) is 145 cm³/mol. The van der Waals surface area contributed by atoms with E-state index >= 15 is 0 Å². The number of hydrogen-bond donors (Lipinski definition) is 3. The summed E-state index contributed by atoms with van der Waals surface area (Å²) in [6, 6.07) is 22.9. The third-order valence-corrected chi connectivity index (χ3v) is 6.98. The molecule has 4 aromatic rings. The van der Waals surface area contributed by atoms with E-state index < -0.39 is 24.1 Å². The first-order chi connectivity index (χ1) is 18.3. The lowest BCUT2D eigenvalue weighted by molar-refractivity contribution is 0.126. The van der Waals surface area contributed by atoms with E-state index in [1.807, 2.05) is 12.1 Å². The number of nitrogens with zero attached hydrogens (tertiary/aromatic N) is 1. The fraction of sp³-hybridized carbons (Fsp3) is 0.167. The van der Waals surface area contributed by atoms with E-state index in [2.05, 4.69) is 0 Å². The van der Waals surface area contributed by atoms with Gasteiger partial charge in [-0.25, -0.2) is 8.78 Å². The summed E-state index contributed by atoms with van der Waals surface area (Å²) >= 11 is 5.55. The van der Waals surface area contributed by atoms with Gasteiger partial charge in [0, 0.05) is 11.3 Å².